The van der Waals surface area contributed by atoms with Crippen molar-refractivity contribution in [2.24, 2.45) is 0 Å². The van der Waals surface area contributed by atoms with Gasteiger partial charge in [0, 0.05) is 61.3 Å². The van der Waals surface area contributed by atoms with Gasteiger partial charge in [-0.1, -0.05) is 11.6 Å². The molecule has 2 saturated heterocycles. The van der Waals surface area contributed by atoms with E-state index in [1.54, 1.807) is 39.4 Å². The molecular weight excluding hydrogens is 480 g/mol. The van der Waals surface area contributed by atoms with Gasteiger partial charge in [-0.05, 0) is 62.1 Å². The highest BCUT2D eigenvalue weighted by molar-refractivity contribution is 6.31. The van der Waals surface area contributed by atoms with Gasteiger partial charge in [-0.15, -0.1) is 0 Å². The van der Waals surface area contributed by atoms with Crippen LogP contribution in [0.4, 0.5) is 11.4 Å². The number of carbonyl (C=O) groups is 2. The molecule has 3 heterocycles. The maximum Gasteiger partial charge on any atom is 0.254 e. The van der Waals surface area contributed by atoms with Gasteiger partial charge in [-0.25, -0.2) is 0 Å². The Hall–Kier alpha value is -2.81. The number of fused-ring (bicyclic) bond motifs is 1. The Balaban J connectivity index is 1.78. The van der Waals surface area contributed by atoms with Crippen molar-refractivity contribution in [3.05, 3.63) is 52.5 Å². The lowest BCUT2D eigenvalue weighted by atomic mass is 9.80. The third-order valence-electron chi connectivity index (χ3n) is 7.68. The number of nitrogens with one attached hydrogen (secondary N) is 1. The summed E-state index contributed by atoms with van der Waals surface area (Å²) < 4.78 is 5.83. The maximum atomic E-state index is 14.2. The molecule has 2 amide bonds. The fourth-order valence-electron chi connectivity index (χ4n) is 6.01. The van der Waals surface area contributed by atoms with Crippen molar-refractivity contribution in [1.82, 2.24) is 9.80 Å². The van der Waals surface area contributed by atoms with E-state index in [2.05, 4.69) is 10.2 Å². The topological polar surface area (TPSA) is 85.3 Å². The number of benzene rings is 2. The molecule has 9 heteroatoms. The van der Waals surface area contributed by atoms with Crippen molar-refractivity contribution < 1.29 is 19.4 Å². The second kappa shape index (κ2) is 9.57. The van der Waals surface area contributed by atoms with Crippen molar-refractivity contribution in [1.29, 1.82) is 0 Å². The summed E-state index contributed by atoms with van der Waals surface area (Å²) in [6.45, 7) is 2.04. The van der Waals surface area contributed by atoms with Crippen molar-refractivity contribution >= 4 is 34.8 Å². The fourth-order valence-corrected chi connectivity index (χ4v) is 6.18. The SMILES string of the molecule is COc1ccc(N2CCCCC2)cc1C1(N2C[C@H](O)C[C@H]2C(=O)N(C)C)C(=O)Nc2ccc(Cl)cc21. The van der Waals surface area contributed by atoms with E-state index in [9.17, 15) is 14.7 Å². The summed E-state index contributed by atoms with van der Waals surface area (Å²) in [4.78, 5) is 33.2. The van der Waals surface area contributed by atoms with E-state index in [1.165, 1.54) is 11.3 Å². The Kier molecular flexibility index (Phi) is 6.61. The molecule has 36 heavy (non-hydrogen) atoms. The number of likely N-dealkylation sites (tertiary alicyclic amines) is 1. The van der Waals surface area contributed by atoms with Crippen LogP contribution in [0.5, 0.6) is 5.75 Å². The Morgan fingerprint density at radius 1 is 1.14 bits per heavy atom. The van der Waals surface area contributed by atoms with Gasteiger partial charge in [0.15, 0.2) is 5.54 Å². The number of piperidine rings is 1. The third kappa shape index (κ3) is 3.92. The number of anilines is 2. The average Bonchev–Trinajstić information content (AvgIpc) is 3.40. The standard InChI is InChI=1S/C27H33ClN4O4/c1-30(2)25(34)23-15-19(33)16-32(23)27(20-13-17(28)7-9-22(20)29-26(27)35)21-14-18(8-10-24(21)36-3)31-11-5-4-6-12-31/h7-10,13-14,19,23,33H,4-6,11-12,15-16H2,1-3H3,(H,29,35)/t19-,23+,27?/m1/s1. The lowest BCUT2D eigenvalue weighted by Gasteiger charge is -2.42. The fraction of sp³-hybridized carbons (Fsp3) is 0.481. The summed E-state index contributed by atoms with van der Waals surface area (Å²) >= 11 is 6.48. The van der Waals surface area contributed by atoms with Gasteiger partial charge in [0.05, 0.1) is 19.3 Å². The molecule has 3 aliphatic rings. The number of likely N-dealkylation sites (N-methyl/N-ethyl adjacent to an activating group) is 1. The zero-order valence-corrected chi connectivity index (χ0v) is 21.7. The van der Waals surface area contributed by atoms with Crippen LogP contribution in [0, 0.1) is 0 Å². The average molecular weight is 513 g/mol. The molecule has 8 nitrogen and oxygen atoms in total. The van der Waals surface area contributed by atoms with Gasteiger partial charge in [-0.2, -0.15) is 0 Å². The van der Waals surface area contributed by atoms with Crippen LogP contribution in [-0.2, 0) is 15.1 Å². The third-order valence-corrected chi connectivity index (χ3v) is 7.91. The normalized spacial score (nSPS) is 26.0. The molecule has 192 valence electrons. The number of nitrogens with zero attached hydrogens (tertiary/aromatic N) is 3. The van der Waals surface area contributed by atoms with Gasteiger partial charge in [0.1, 0.15) is 5.75 Å². The van der Waals surface area contributed by atoms with Gasteiger partial charge in [0.25, 0.3) is 5.91 Å². The lowest BCUT2D eigenvalue weighted by Crippen LogP contribution is -2.57. The number of hydrogen-bond acceptors (Lipinski definition) is 6. The van der Waals surface area contributed by atoms with Crippen LogP contribution in [0.2, 0.25) is 5.02 Å². The molecule has 1 unspecified atom stereocenters. The molecule has 0 saturated carbocycles. The quantitative estimate of drug-likeness (QED) is 0.640. The maximum absolute atomic E-state index is 14.2. The molecule has 5 rings (SSSR count). The van der Waals surface area contributed by atoms with Crippen LogP contribution in [-0.4, -0.2) is 79.7 Å². The highest BCUT2D eigenvalue weighted by Crippen LogP contribution is 2.52. The van der Waals surface area contributed by atoms with E-state index < -0.39 is 17.7 Å². The molecule has 0 aliphatic carbocycles. The Morgan fingerprint density at radius 3 is 2.58 bits per heavy atom. The molecule has 0 radical (unpaired) electrons. The summed E-state index contributed by atoms with van der Waals surface area (Å²) in [7, 11) is 4.96. The largest absolute Gasteiger partial charge is 0.496 e. The number of aliphatic hydroxyl groups is 1. The second-order valence-corrected chi connectivity index (χ2v) is 10.5. The van der Waals surface area contributed by atoms with Crippen LogP contribution >= 0.6 is 11.6 Å². The number of β-amino-alcohol motifs (C(OH)–C–C–N with tert-alkyl or cyclic N) is 1. The Labute approximate surface area is 216 Å². The van der Waals surface area contributed by atoms with Crippen LogP contribution < -0.4 is 15.0 Å². The van der Waals surface area contributed by atoms with Gasteiger partial charge >= 0.3 is 0 Å². The minimum atomic E-state index is -1.41. The van der Waals surface area contributed by atoms with Crippen molar-refractivity contribution in [3.8, 4) is 5.75 Å². The highest BCUT2D eigenvalue weighted by Gasteiger charge is 2.59. The Bertz CT molecular complexity index is 1180. The van der Waals surface area contributed by atoms with Crippen LogP contribution in [0.3, 0.4) is 0 Å². The van der Waals surface area contributed by atoms with Gasteiger partial charge in [0.2, 0.25) is 5.91 Å². The van der Waals surface area contributed by atoms with Crippen molar-refractivity contribution in [2.45, 2.75) is 43.4 Å². The molecule has 0 spiro atoms. The monoisotopic (exact) mass is 512 g/mol. The number of amides is 2. The zero-order chi connectivity index (χ0) is 25.6. The predicted molar refractivity (Wildman–Crippen MR) is 140 cm³/mol. The molecule has 2 fully saturated rings. The molecule has 0 bridgehead atoms. The smallest absolute Gasteiger partial charge is 0.254 e. The number of ether oxygens (including phenoxy) is 1. The molecule has 0 aromatic heterocycles. The van der Waals surface area contributed by atoms with E-state index in [4.69, 9.17) is 16.3 Å². The summed E-state index contributed by atoms with van der Waals surface area (Å²) in [5, 5.41) is 14.3. The number of carbonyl (C=O) groups excluding carboxylic acids is 2. The van der Waals surface area contributed by atoms with E-state index in [1.807, 2.05) is 23.1 Å². The molecule has 3 atom stereocenters. The zero-order valence-electron chi connectivity index (χ0n) is 21.0. The summed E-state index contributed by atoms with van der Waals surface area (Å²) in [5.74, 6) is 0.0797. The molecule has 2 N–H and O–H groups in total. The first kappa shape index (κ1) is 24.9. The first-order chi connectivity index (χ1) is 17.3. The lowest BCUT2D eigenvalue weighted by molar-refractivity contribution is -0.138. The minimum Gasteiger partial charge on any atom is -0.496 e. The first-order valence-electron chi connectivity index (χ1n) is 12.5. The van der Waals surface area contributed by atoms with Crippen molar-refractivity contribution in [3.63, 3.8) is 0 Å². The predicted octanol–water partition coefficient (Wildman–Crippen LogP) is 3.06. The second-order valence-electron chi connectivity index (χ2n) is 10.1. The number of aliphatic hydroxyl groups excluding tert-OH is 1. The first-order valence-corrected chi connectivity index (χ1v) is 12.9. The van der Waals surface area contributed by atoms with Crippen LogP contribution in [0.15, 0.2) is 36.4 Å². The van der Waals surface area contributed by atoms with E-state index >= 15 is 0 Å². The Morgan fingerprint density at radius 2 is 1.89 bits per heavy atom. The van der Waals surface area contributed by atoms with E-state index in [0.29, 0.717) is 27.6 Å². The van der Waals surface area contributed by atoms with Crippen LogP contribution in [0.25, 0.3) is 0 Å². The summed E-state index contributed by atoms with van der Waals surface area (Å²) in [5.41, 5.74) is 1.51. The van der Waals surface area contributed by atoms with E-state index in [0.717, 1.165) is 31.6 Å². The molecule has 2 aromatic carbocycles. The number of halogens is 1. The minimum absolute atomic E-state index is 0.153. The highest BCUT2D eigenvalue weighted by atomic mass is 35.5. The van der Waals surface area contributed by atoms with Gasteiger partial charge < -0.3 is 25.0 Å². The summed E-state index contributed by atoms with van der Waals surface area (Å²) in [6, 6.07) is 10.5. The number of rotatable bonds is 5. The van der Waals surface area contributed by atoms with E-state index in [-0.39, 0.29) is 24.8 Å². The number of hydrogen-bond donors (Lipinski definition) is 2. The molecular formula is C27H33ClN4O4. The van der Waals surface area contributed by atoms with Crippen molar-refractivity contribution in [2.75, 3.05) is 51.1 Å². The molecule has 3 aliphatic heterocycles. The number of methoxy groups -OCH3 is 1. The summed E-state index contributed by atoms with van der Waals surface area (Å²) in [6.07, 6.45) is 2.91. The van der Waals surface area contributed by atoms with Crippen LogP contribution in [0.1, 0.15) is 36.8 Å². The van der Waals surface area contributed by atoms with Gasteiger partial charge in [-0.3, -0.25) is 14.5 Å². The molecule has 2 aromatic rings.